The molecule has 0 amide bonds. The minimum absolute atomic E-state index is 0. The quantitative estimate of drug-likeness (QED) is 0.843. The van der Waals surface area contributed by atoms with Gasteiger partial charge in [-0.15, -0.1) is 12.4 Å². The molecule has 0 aromatic heterocycles. The molecule has 0 saturated carbocycles. The summed E-state index contributed by atoms with van der Waals surface area (Å²) in [6.45, 7) is 3.86. The molecule has 0 saturated heterocycles. The van der Waals surface area contributed by atoms with Crippen LogP contribution in [0, 0.1) is 0 Å². The molecule has 1 N–H and O–H groups in total. The Morgan fingerprint density at radius 2 is 1.93 bits per heavy atom. The van der Waals surface area contributed by atoms with Gasteiger partial charge in [-0.3, -0.25) is 0 Å². The van der Waals surface area contributed by atoms with Gasteiger partial charge in [0.2, 0.25) is 0 Å². The van der Waals surface area contributed by atoms with E-state index in [4.69, 9.17) is 9.47 Å². The van der Waals surface area contributed by atoms with E-state index in [1.807, 2.05) is 18.2 Å². The van der Waals surface area contributed by atoms with Crippen molar-refractivity contribution >= 4 is 12.4 Å². The highest BCUT2D eigenvalue weighted by atomic mass is 35.5. The molecule has 15 heavy (non-hydrogen) atoms. The second kappa shape index (κ2) is 7.37. The van der Waals surface area contributed by atoms with Crippen LogP contribution < -0.4 is 14.8 Å². The van der Waals surface area contributed by atoms with Crippen LogP contribution in [0.2, 0.25) is 0 Å². The van der Waals surface area contributed by atoms with Gasteiger partial charge in [-0.1, -0.05) is 13.0 Å². The highest BCUT2D eigenvalue weighted by molar-refractivity contribution is 5.85. The van der Waals surface area contributed by atoms with Gasteiger partial charge in [0.15, 0.2) is 0 Å². The molecule has 1 aromatic carbocycles. The minimum atomic E-state index is 0. The minimum Gasteiger partial charge on any atom is -0.497 e. The van der Waals surface area contributed by atoms with Gasteiger partial charge in [-0.25, -0.2) is 0 Å². The fourth-order valence-corrected chi connectivity index (χ4v) is 1.26. The van der Waals surface area contributed by atoms with Crippen molar-refractivity contribution in [3.8, 4) is 11.5 Å². The zero-order valence-electron chi connectivity index (χ0n) is 9.37. The standard InChI is InChI=1S/C11H17NO2.ClH/c1-4-12-8-9-5-6-10(13-2)7-11(9)14-3;/h5-7,12H,4,8H2,1-3H3;1H. The van der Waals surface area contributed by atoms with Gasteiger partial charge < -0.3 is 14.8 Å². The third-order valence-electron chi connectivity index (χ3n) is 2.06. The number of ether oxygens (including phenoxy) is 2. The van der Waals surface area contributed by atoms with Crippen LogP contribution in [0.5, 0.6) is 11.5 Å². The average molecular weight is 232 g/mol. The van der Waals surface area contributed by atoms with E-state index in [0.29, 0.717) is 0 Å². The molecule has 0 radical (unpaired) electrons. The van der Waals surface area contributed by atoms with Crippen LogP contribution in [0.1, 0.15) is 12.5 Å². The van der Waals surface area contributed by atoms with Crippen LogP contribution in [0.25, 0.3) is 0 Å². The van der Waals surface area contributed by atoms with Crippen molar-refractivity contribution in [2.45, 2.75) is 13.5 Å². The van der Waals surface area contributed by atoms with Crippen LogP contribution in [-0.4, -0.2) is 20.8 Å². The van der Waals surface area contributed by atoms with Gasteiger partial charge in [0, 0.05) is 18.2 Å². The highest BCUT2D eigenvalue weighted by Gasteiger charge is 2.03. The molecule has 0 spiro atoms. The predicted molar refractivity (Wildman–Crippen MR) is 64.2 cm³/mol. The number of benzene rings is 1. The van der Waals surface area contributed by atoms with Gasteiger partial charge >= 0.3 is 0 Å². The normalized spacial score (nSPS) is 9.27. The van der Waals surface area contributed by atoms with E-state index in [2.05, 4.69) is 12.2 Å². The molecule has 0 aliphatic rings. The number of hydrogen-bond acceptors (Lipinski definition) is 3. The van der Waals surface area contributed by atoms with Crippen LogP contribution in [-0.2, 0) is 6.54 Å². The molecule has 0 aliphatic heterocycles. The van der Waals surface area contributed by atoms with Crippen molar-refractivity contribution < 1.29 is 9.47 Å². The summed E-state index contributed by atoms with van der Waals surface area (Å²) in [5.74, 6) is 1.69. The topological polar surface area (TPSA) is 30.5 Å². The van der Waals surface area contributed by atoms with E-state index >= 15 is 0 Å². The summed E-state index contributed by atoms with van der Waals surface area (Å²) < 4.78 is 10.4. The molecule has 0 atom stereocenters. The largest absolute Gasteiger partial charge is 0.497 e. The Morgan fingerprint density at radius 1 is 1.20 bits per heavy atom. The maximum atomic E-state index is 5.26. The molecule has 0 bridgehead atoms. The Balaban J connectivity index is 0.00000196. The highest BCUT2D eigenvalue weighted by Crippen LogP contribution is 2.24. The zero-order chi connectivity index (χ0) is 10.4. The summed E-state index contributed by atoms with van der Waals surface area (Å²) in [6.07, 6.45) is 0. The maximum absolute atomic E-state index is 5.26. The maximum Gasteiger partial charge on any atom is 0.127 e. The van der Waals surface area contributed by atoms with E-state index in [1.54, 1.807) is 14.2 Å². The average Bonchev–Trinajstić information content (AvgIpc) is 2.26. The smallest absolute Gasteiger partial charge is 0.127 e. The molecular formula is C11H18ClNO2. The van der Waals surface area contributed by atoms with E-state index in [1.165, 1.54) is 0 Å². The lowest BCUT2D eigenvalue weighted by atomic mass is 10.2. The number of halogens is 1. The lowest BCUT2D eigenvalue weighted by Crippen LogP contribution is -2.12. The molecule has 0 unspecified atom stereocenters. The van der Waals surface area contributed by atoms with Crippen LogP contribution in [0.4, 0.5) is 0 Å². The monoisotopic (exact) mass is 231 g/mol. The zero-order valence-corrected chi connectivity index (χ0v) is 10.2. The summed E-state index contributed by atoms with van der Waals surface area (Å²) in [7, 11) is 3.32. The molecule has 4 heteroatoms. The van der Waals surface area contributed by atoms with Crippen LogP contribution >= 0.6 is 12.4 Å². The third-order valence-corrected chi connectivity index (χ3v) is 2.06. The number of rotatable bonds is 5. The Morgan fingerprint density at radius 3 is 2.47 bits per heavy atom. The van der Waals surface area contributed by atoms with Gasteiger partial charge in [0.1, 0.15) is 11.5 Å². The third kappa shape index (κ3) is 3.98. The van der Waals surface area contributed by atoms with Gasteiger partial charge in [0.25, 0.3) is 0 Å². The Hall–Kier alpha value is -0.930. The van der Waals surface area contributed by atoms with E-state index < -0.39 is 0 Å². The summed E-state index contributed by atoms with van der Waals surface area (Å²) in [5, 5.41) is 3.26. The van der Waals surface area contributed by atoms with Gasteiger partial charge in [-0.05, 0) is 12.6 Å². The van der Waals surface area contributed by atoms with Crippen molar-refractivity contribution in [1.29, 1.82) is 0 Å². The molecule has 0 fully saturated rings. The molecule has 0 heterocycles. The van der Waals surface area contributed by atoms with E-state index in [0.717, 1.165) is 30.2 Å². The summed E-state index contributed by atoms with van der Waals surface area (Å²) in [6, 6.07) is 5.85. The Kier molecular flexibility index (Phi) is 6.92. The summed E-state index contributed by atoms with van der Waals surface area (Å²) in [5.41, 5.74) is 1.15. The van der Waals surface area contributed by atoms with Gasteiger partial charge in [0.05, 0.1) is 14.2 Å². The van der Waals surface area contributed by atoms with Crippen molar-refractivity contribution in [3.63, 3.8) is 0 Å². The number of nitrogens with one attached hydrogen (secondary N) is 1. The summed E-state index contributed by atoms with van der Waals surface area (Å²) in [4.78, 5) is 0. The first-order chi connectivity index (χ1) is 6.81. The lowest BCUT2D eigenvalue weighted by molar-refractivity contribution is 0.390. The first kappa shape index (κ1) is 14.1. The van der Waals surface area contributed by atoms with E-state index in [9.17, 15) is 0 Å². The first-order valence-electron chi connectivity index (χ1n) is 4.73. The molecule has 1 rings (SSSR count). The van der Waals surface area contributed by atoms with Crippen molar-refractivity contribution in [2.24, 2.45) is 0 Å². The first-order valence-corrected chi connectivity index (χ1v) is 4.73. The lowest BCUT2D eigenvalue weighted by Gasteiger charge is -2.10. The van der Waals surface area contributed by atoms with Crippen molar-refractivity contribution in [1.82, 2.24) is 5.32 Å². The van der Waals surface area contributed by atoms with Crippen molar-refractivity contribution in [2.75, 3.05) is 20.8 Å². The summed E-state index contributed by atoms with van der Waals surface area (Å²) >= 11 is 0. The molecule has 0 aliphatic carbocycles. The van der Waals surface area contributed by atoms with Crippen LogP contribution in [0.15, 0.2) is 18.2 Å². The predicted octanol–water partition coefficient (Wildman–Crippen LogP) is 2.24. The fourth-order valence-electron chi connectivity index (χ4n) is 1.26. The van der Waals surface area contributed by atoms with Crippen LogP contribution in [0.3, 0.4) is 0 Å². The molecular weight excluding hydrogens is 214 g/mol. The molecule has 3 nitrogen and oxygen atoms in total. The molecule has 86 valence electrons. The molecule has 1 aromatic rings. The number of hydrogen-bond donors (Lipinski definition) is 1. The second-order valence-electron chi connectivity index (χ2n) is 2.96. The van der Waals surface area contributed by atoms with Crippen molar-refractivity contribution in [3.05, 3.63) is 23.8 Å². The Bertz CT molecular complexity index is 292. The van der Waals surface area contributed by atoms with E-state index in [-0.39, 0.29) is 12.4 Å². The van der Waals surface area contributed by atoms with Gasteiger partial charge in [-0.2, -0.15) is 0 Å². The fraction of sp³-hybridized carbons (Fsp3) is 0.455. The second-order valence-corrected chi connectivity index (χ2v) is 2.96. The SMILES string of the molecule is CCNCc1ccc(OC)cc1OC.Cl. The Labute approximate surface area is 97.2 Å². The number of methoxy groups -OCH3 is 2.